The van der Waals surface area contributed by atoms with Crippen LogP contribution in [0.5, 0.6) is 0 Å². The normalized spacial score (nSPS) is 12.0. The summed E-state index contributed by atoms with van der Waals surface area (Å²) in [7, 11) is 0. The van der Waals surface area contributed by atoms with Gasteiger partial charge in [-0.2, -0.15) is 5.10 Å². The van der Waals surface area contributed by atoms with Crippen molar-refractivity contribution in [3.8, 4) is 0 Å². The molecule has 0 saturated heterocycles. The van der Waals surface area contributed by atoms with Crippen LogP contribution in [0.1, 0.15) is 15.6 Å². The second-order valence-electron chi connectivity index (χ2n) is 4.51. The number of hydrogen-bond donors (Lipinski definition) is 0. The van der Waals surface area contributed by atoms with Crippen LogP contribution in [0.3, 0.4) is 0 Å². The van der Waals surface area contributed by atoms with Gasteiger partial charge in [-0.3, -0.25) is 4.79 Å². The summed E-state index contributed by atoms with van der Waals surface area (Å²) < 4.78 is 1.40. The first-order chi connectivity index (χ1) is 10.3. The SMILES string of the molecule is O=C(C(Sc1ccccc1)c1ccccc1)n1cccn1. The van der Waals surface area contributed by atoms with Gasteiger partial charge >= 0.3 is 0 Å². The molecule has 0 amide bonds. The fourth-order valence-electron chi connectivity index (χ4n) is 2.04. The molecule has 2 aromatic carbocycles. The van der Waals surface area contributed by atoms with Crippen LogP contribution < -0.4 is 0 Å². The highest BCUT2D eigenvalue weighted by Gasteiger charge is 2.23. The summed E-state index contributed by atoms with van der Waals surface area (Å²) in [6.07, 6.45) is 3.30. The van der Waals surface area contributed by atoms with E-state index in [1.165, 1.54) is 16.4 Å². The predicted molar refractivity (Wildman–Crippen MR) is 84.3 cm³/mol. The Balaban J connectivity index is 1.93. The molecule has 4 heteroatoms. The van der Waals surface area contributed by atoms with Crippen molar-refractivity contribution >= 4 is 17.7 Å². The zero-order valence-electron chi connectivity index (χ0n) is 11.3. The van der Waals surface area contributed by atoms with E-state index in [-0.39, 0.29) is 11.2 Å². The van der Waals surface area contributed by atoms with Gasteiger partial charge in [-0.15, -0.1) is 11.8 Å². The third kappa shape index (κ3) is 3.23. The molecule has 0 saturated carbocycles. The first-order valence-electron chi connectivity index (χ1n) is 6.65. The molecule has 0 bridgehead atoms. The Morgan fingerprint density at radius 1 is 0.952 bits per heavy atom. The topological polar surface area (TPSA) is 34.9 Å². The van der Waals surface area contributed by atoms with Crippen LogP contribution in [0.2, 0.25) is 0 Å². The third-order valence-electron chi connectivity index (χ3n) is 3.05. The predicted octanol–water partition coefficient (Wildman–Crippen LogP) is 4.06. The average molecular weight is 294 g/mol. The molecule has 0 radical (unpaired) electrons. The molecule has 1 unspecified atom stereocenters. The molecule has 1 heterocycles. The molecule has 104 valence electrons. The molecule has 3 nitrogen and oxygen atoms in total. The number of benzene rings is 2. The van der Waals surface area contributed by atoms with E-state index in [0.717, 1.165) is 10.5 Å². The molecule has 0 N–H and O–H groups in total. The molecule has 3 rings (SSSR count). The zero-order valence-corrected chi connectivity index (χ0v) is 12.1. The molecule has 0 aliphatic carbocycles. The molecule has 0 aliphatic rings. The van der Waals surface area contributed by atoms with E-state index < -0.39 is 0 Å². The molecular weight excluding hydrogens is 280 g/mol. The minimum absolute atomic E-state index is 0.0416. The average Bonchev–Trinajstić information content (AvgIpc) is 3.08. The van der Waals surface area contributed by atoms with Gasteiger partial charge in [-0.1, -0.05) is 48.5 Å². The number of aromatic nitrogens is 2. The lowest BCUT2D eigenvalue weighted by molar-refractivity contribution is 0.0894. The van der Waals surface area contributed by atoms with Gasteiger partial charge in [0.25, 0.3) is 5.91 Å². The van der Waals surface area contributed by atoms with E-state index in [4.69, 9.17) is 0 Å². The molecule has 1 aromatic heterocycles. The third-order valence-corrected chi connectivity index (χ3v) is 4.31. The number of carbonyl (C=O) groups is 1. The lowest BCUT2D eigenvalue weighted by Crippen LogP contribution is -2.18. The minimum Gasteiger partial charge on any atom is -0.271 e. The summed E-state index contributed by atoms with van der Waals surface area (Å²) in [5.74, 6) is -0.0416. The van der Waals surface area contributed by atoms with E-state index in [0.29, 0.717) is 0 Å². The molecule has 1 atom stereocenters. The summed E-state index contributed by atoms with van der Waals surface area (Å²) >= 11 is 1.54. The fraction of sp³-hybridized carbons (Fsp3) is 0.0588. The van der Waals surface area contributed by atoms with E-state index in [1.54, 1.807) is 18.5 Å². The number of nitrogens with zero attached hydrogens (tertiary/aromatic N) is 2. The van der Waals surface area contributed by atoms with E-state index in [2.05, 4.69) is 5.10 Å². The Kier molecular flexibility index (Phi) is 4.17. The summed E-state index contributed by atoms with van der Waals surface area (Å²) in [6, 6.07) is 21.5. The second kappa shape index (κ2) is 6.41. The van der Waals surface area contributed by atoms with Crippen LogP contribution in [-0.4, -0.2) is 15.7 Å². The lowest BCUT2D eigenvalue weighted by atomic mass is 10.1. The number of thioether (sulfide) groups is 1. The summed E-state index contributed by atoms with van der Waals surface area (Å²) in [4.78, 5) is 13.8. The van der Waals surface area contributed by atoms with Crippen molar-refractivity contribution < 1.29 is 4.79 Å². The number of carbonyl (C=O) groups excluding carboxylic acids is 1. The lowest BCUT2D eigenvalue weighted by Gasteiger charge is -2.15. The van der Waals surface area contributed by atoms with Gasteiger partial charge in [0.05, 0.1) is 0 Å². The number of rotatable bonds is 4. The highest BCUT2D eigenvalue weighted by molar-refractivity contribution is 8.00. The molecule has 0 fully saturated rings. The largest absolute Gasteiger partial charge is 0.271 e. The van der Waals surface area contributed by atoms with Crippen LogP contribution in [0.25, 0.3) is 0 Å². The van der Waals surface area contributed by atoms with Crippen molar-refractivity contribution in [2.75, 3.05) is 0 Å². The van der Waals surface area contributed by atoms with Crippen LogP contribution in [0, 0.1) is 0 Å². The summed E-state index contributed by atoms with van der Waals surface area (Å²) in [5, 5.41) is 3.75. The van der Waals surface area contributed by atoms with Gasteiger partial charge in [-0.05, 0) is 23.8 Å². The minimum atomic E-state index is -0.312. The molecular formula is C17H14N2OS. The van der Waals surface area contributed by atoms with Crippen molar-refractivity contribution in [2.45, 2.75) is 10.1 Å². The van der Waals surface area contributed by atoms with Gasteiger partial charge in [0.15, 0.2) is 0 Å². The maximum Gasteiger partial charge on any atom is 0.264 e. The maximum absolute atomic E-state index is 12.7. The summed E-state index contributed by atoms with van der Waals surface area (Å²) in [6.45, 7) is 0. The summed E-state index contributed by atoms with van der Waals surface area (Å²) in [5.41, 5.74) is 0.979. The molecule has 0 spiro atoms. The van der Waals surface area contributed by atoms with Crippen LogP contribution in [0.4, 0.5) is 0 Å². The van der Waals surface area contributed by atoms with Gasteiger partial charge in [0.2, 0.25) is 0 Å². The molecule has 21 heavy (non-hydrogen) atoms. The van der Waals surface area contributed by atoms with Crippen molar-refractivity contribution in [3.63, 3.8) is 0 Å². The fourth-order valence-corrected chi connectivity index (χ4v) is 3.13. The maximum atomic E-state index is 12.7. The quantitative estimate of drug-likeness (QED) is 0.681. The van der Waals surface area contributed by atoms with Gasteiger partial charge in [0, 0.05) is 17.3 Å². The van der Waals surface area contributed by atoms with Crippen LogP contribution in [-0.2, 0) is 0 Å². The molecule has 0 aliphatic heterocycles. The van der Waals surface area contributed by atoms with Gasteiger partial charge < -0.3 is 0 Å². The van der Waals surface area contributed by atoms with E-state index in [9.17, 15) is 4.79 Å². The Morgan fingerprint density at radius 2 is 1.62 bits per heavy atom. The van der Waals surface area contributed by atoms with E-state index >= 15 is 0 Å². The van der Waals surface area contributed by atoms with Gasteiger partial charge in [-0.25, -0.2) is 4.68 Å². The van der Waals surface area contributed by atoms with E-state index in [1.807, 2.05) is 60.7 Å². The Bertz CT molecular complexity index is 696. The van der Waals surface area contributed by atoms with Crippen molar-refractivity contribution in [1.82, 2.24) is 9.78 Å². The Morgan fingerprint density at radius 3 is 2.24 bits per heavy atom. The van der Waals surface area contributed by atoms with Gasteiger partial charge in [0.1, 0.15) is 5.25 Å². The van der Waals surface area contributed by atoms with Crippen molar-refractivity contribution in [3.05, 3.63) is 84.7 Å². The monoisotopic (exact) mass is 294 g/mol. The first kappa shape index (κ1) is 13.6. The first-order valence-corrected chi connectivity index (χ1v) is 7.53. The Labute approximate surface area is 127 Å². The highest BCUT2D eigenvalue weighted by atomic mass is 32.2. The Hall–Kier alpha value is -2.33. The van der Waals surface area contributed by atoms with Crippen LogP contribution in [0.15, 0.2) is 84.0 Å². The smallest absolute Gasteiger partial charge is 0.264 e. The number of hydrogen-bond acceptors (Lipinski definition) is 3. The standard InChI is InChI=1S/C17H14N2OS/c20-17(19-13-7-12-18-19)16(14-8-3-1-4-9-14)21-15-10-5-2-6-11-15/h1-13,16H. The zero-order chi connectivity index (χ0) is 14.5. The van der Waals surface area contributed by atoms with Crippen molar-refractivity contribution in [1.29, 1.82) is 0 Å². The second-order valence-corrected chi connectivity index (χ2v) is 5.69. The highest BCUT2D eigenvalue weighted by Crippen LogP contribution is 2.36. The van der Waals surface area contributed by atoms with Crippen LogP contribution >= 0.6 is 11.8 Å². The van der Waals surface area contributed by atoms with Crippen molar-refractivity contribution in [2.24, 2.45) is 0 Å². The molecule has 3 aromatic rings.